The SMILES string of the molecule is Cc1ccc(S(=O)CCCn2cc(N)ccc2=O)c(C)c1. The van der Waals surface area contributed by atoms with Gasteiger partial charge in [0.25, 0.3) is 5.56 Å². The van der Waals surface area contributed by atoms with Crippen LogP contribution in [0.15, 0.2) is 46.2 Å². The molecule has 0 bridgehead atoms. The molecule has 5 heteroatoms. The Labute approximate surface area is 127 Å². The van der Waals surface area contributed by atoms with Gasteiger partial charge in [-0.15, -0.1) is 0 Å². The summed E-state index contributed by atoms with van der Waals surface area (Å²) >= 11 is 0. The molecule has 0 saturated carbocycles. The fourth-order valence-corrected chi connectivity index (χ4v) is 3.50. The summed E-state index contributed by atoms with van der Waals surface area (Å²) in [4.78, 5) is 12.5. The summed E-state index contributed by atoms with van der Waals surface area (Å²) in [6, 6.07) is 8.98. The van der Waals surface area contributed by atoms with Crippen LogP contribution in [0.2, 0.25) is 0 Å². The van der Waals surface area contributed by atoms with E-state index in [0.29, 0.717) is 24.4 Å². The predicted molar refractivity (Wildman–Crippen MR) is 86.9 cm³/mol. The molecule has 0 saturated heterocycles. The highest BCUT2D eigenvalue weighted by Crippen LogP contribution is 2.15. The number of aryl methyl sites for hydroxylation is 3. The maximum Gasteiger partial charge on any atom is 0.250 e. The number of rotatable bonds is 5. The molecule has 112 valence electrons. The number of nitrogens with zero attached hydrogens (tertiary/aromatic N) is 1. The first-order valence-electron chi connectivity index (χ1n) is 6.89. The molecule has 1 aromatic carbocycles. The molecule has 0 aliphatic heterocycles. The monoisotopic (exact) mass is 304 g/mol. The molecule has 4 nitrogen and oxygen atoms in total. The van der Waals surface area contributed by atoms with Gasteiger partial charge in [0.2, 0.25) is 0 Å². The first-order valence-corrected chi connectivity index (χ1v) is 8.21. The van der Waals surface area contributed by atoms with Gasteiger partial charge in [-0.3, -0.25) is 9.00 Å². The van der Waals surface area contributed by atoms with Crippen LogP contribution in [0, 0.1) is 13.8 Å². The lowest BCUT2D eigenvalue weighted by molar-refractivity contribution is 0.644. The summed E-state index contributed by atoms with van der Waals surface area (Å²) < 4.78 is 13.9. The number of nitrogen functional groups attached to an aromatic ring is 1. The van der Waals surface area contributed by atoms with E-state index in [1.54, 1.807) is 16.8 Å². The van der Waals surface area contributed by atoms with Crippen LogP contribution in [0.1, 0.15) is 17.5 Å². The van der Waals surface area contributed by atoms with Gasteiger partial charge in [0.15, 0.2) is 0 Å². The molecule has 0 aliphatic carbocycles. The maximum atomic E-state index is 12.3. The van der Waals surface area contributed by atoms with Crippen molar-refractivity contribution in [1.29, 1.82) is 0 Å². The average Bonchev–Trinajstić information content (AvgIpc) is 2.42. The quantitative estimate of drug-likeness (QED) is 0.921. The van der Waals surface area contributed by atoms with Crippen molar-refractivity contribution in [2.75, 3.05) is 11.5 Å². The van der Waals surface area contributed by atoms with E-state index in [9.17, 15) is 9.00 Å². The Morgan fingerprint density at radius 2 is 1.95 bits per heavy atom. The molecule has 0 radical (unpaired) electrons. The smallest absolute Gasteiger partial charge is 0.250 e. The molecule has 0 fully saturated rings. The zero-order chi connectivity index (χ0) is 15.4. The van der Waals surface area contributed by atoms with Gasteiger partial charge >= 0.3 is 0 Å². The van der Waals surface area contributed by atoms with E-state index in [-0.39, 0.29) is 5.56 Å². The van der Waals surface area contributed by atoms with Crippen molar-refractivity contribution in [1.82, 2.24) is 4.57 Å². The average molecular weight is 304 g/mol. The number of hydrogen-bond donors (Lipinski definition) is 1. The second-order valence-corrected chi connectivity index (χ2v) is 6.71. The standard InChI is InChI=1S/C16H20N2O2S/c1-12-4-6-15(13(2)10-12)21(20)9-3-8-18-11-14(17)5-7-16(18)19/h4-7,10-11H,3,8-9,17H2,1-2H3. The summed E-state index contributed by atoms with van der Waals surface area (Å²) in [7, 11) is -1.04. The third-order valence-corrected chi connectivity index (χ3v) is 4.92. The normalized spacial score (nSPS) is 12.3. The van der Waals surface area contributed by atoms with E-state index in [1.165, 1.54) is 11.6 Å². The molecule has 2 rings (SSSR count). The summed E-state index contributed by atoms with van der Waals surface area (Å²) in [6.45, 7) is 4.52. The molecule has 21 heavy (non-hydrogen) atoms. The van der Waals surface area contributed by atoms with Crippen molar-refractivity contribution >= 4 is 16.5 Å². The zero-order valence-corrected chi connectivity index (χ0v) is 13.2. The van der Waals surface area contributed by atoms with E-state index in [2.05, 4.69) is 0 Å². The number of nitrogens with two attached hydrogens (primary N) is 1. The predicted octanol–water partition coefficient (Wildman–Crippen LogP) is 2.25. The number of benzene rings is 1. The molecule has 0 amide bonds. The van der Waals surface area contributed by atoms with Gasteiger partial charge < -0.3 is 10.3 Å². The van der Waals surface area contributed by atoms with Crippen molar-refractivity contribution in [3.05, 3.63) is 58.0 Å². The van der Waals surface area contributed by atoms with Crippen molar-refractivity contribution in [2.45, 2.75) is 31.7 Å². The molecule has 1 atom stereocenters. The number of anilines is 1. The van der Waals surface area contributed by atoms with Crippen molar-refractivity contribution in [2.24, 2.45) is 0 Å². The molecule has 2 N–H and O–H groups in total. The fraction of sp³-hybridized carbons (Fsp3) is 0.312. The Morgan fingerprint density at radius 3 is 2.67 bits per heavy atom. The molecule has 2 aromatic rings. The molecule has 0 spiro atoms. The maximum absolute atomic E-state index is 12.3. The van der Waals surface area contributed by atoms with Gasteiger partial charge in [-0.1, -0.05) is 17.7 Å². The number of pyridine rings is 1. The Kier molecular flexibility index (Phi) is 4.96. The minimum atomic E-state index is -1.04. The molecule has 1 aromatic heterocycles. The second-order valence-electron chi connectivity index (χ2n) is 5.17. The van der Waals surface area contributed by atoms with Crippen molar-refractivity contribution < 1.29 is 4.21 Å². The van der Waals surface area contributed by atoms with E-state index < -0.39 is 10.8 Å². The third kappa shape index (κ3) is 4.04. The van der Waals surface area contributed by atoms with Crippen LogP contribution in [-0.2, 0) is 17.3 Å². The van der Waals surface area contributed by atoms with E-state index in [0.717, 1.165) is 10.5 Å². The van der Waals surface area contributed by atoms with Crippen LogP contribution >= 0.6 is 0 Å². The number of hydrogen-bond acceptors (Lipinski definition) is 3. The minimum Gasteiger partial charge on any atom is -0.398 e. The Balaban J connectivity index is 1.98. The molecule has 1 unspecified atom stereocenters. The van der Waals surface area contributed by atoms with Crippen molar-refractivity contribution in [3.8, 4) is 0 Å². The Hall–Kier alpha value is -1.88. The van der Waals surface area contributed by atoms with E-state index >= 15 is 0 Å². The van der Waals surface area contributed by atoms with E-state index in [1.807, 2.05) is 32.0 Å². The van der Waals surface area contributed by atoms with Crippen LogP contribution in [0.25, 0.3) is 0 Å². The van der Waals surface area contributed by atoms with Crippen LogP contribution in [0.3, 0.4) is 0 Å². The first-order chi connectivity index (χ1) is 9.97. The highest BCUT2D eigenvalue weighted by molar-refractivity contribution is 7.85. The van der Waals surface area contributed by atoms with Gasteiger partial charge in [0, 0.05) is 35.1 Å². The lowest BCUT2D eigenvalue weighted by Gasteiger charge is -2.08. The fourth-order valence-electron chi connectivity index (χ4n) is 2.26. The minimum absolute atomic E-state index is 0.0819. The highest BCUT2D eigenvalue weighted by Gasteiger charge is 2.07. The topological polar surface area (TPSA) is 65.1 Å². The van der Waals surface area contributed by atoms with Crippen LogP contribution in [0.4, 0.5) is 5.69 Å². The van der Waals surface area contributed by atoms with Crippen LogP contribution in [0.5, 0.6) is 0 Å². The zero-order valence-electron chi connectivity index (χ0n) is 12.3. The first kappa shape index (κ1) is 15.5. The van der Waals surface area contributed by atoms with Crippen molar-refractivity contribution in [3.63, 3.8) is 0 Å². The lowest BCUT2D eigenvalue weighted by atomic mass is 10.2. The molecule has 0 aliphatic rings. The van der Waals surface area contributed by atoms with Gasteiger partial charge in [-0.05, 0) is 38.0 Å². The van der Waals surface area contributed by atoms with Gasteiger partial charge in [-0.2, -0.15) is 0 Å². The van der Waals surface area contributed by atoms with E-state index in [4.69, 9.17) is 5.73 Å². The number of aromatic nitrogens is 1. The van der Waals surface area contributed by atoms with Crippen LogP contribution < -0.4 is 11.3 Å². The van der Waals surface area contributed by atoms with Gasteiger partial charge in [0.05, 0.1) is 10.8 Å². The largest absolute Gasteiger partial charge is 0.398 e. The second kappa shape index (κ2) is 6.72. The Morgan fingerprint density at radius 1 is 1.19 bits per heavy atom. The van der Waals surface area contributed by atoms with Gasteiger partial charge in [0.1, 0.15) is 0 Å². The molecule has 1 heterocycles. The van der Waals surface area contributed by atoms with Gasteiger partial charge in [-0.25, -0.2) is 0 Å². The summed E-state index contributed by atoms with van der Waals surface area (Å²) in [5.74, 6) is 0.533. The highest BCUT2D eigenvalue weighted by atomic mass is 32.2. The third-order valence-electron chi connectivity index (χ3n) is 3.31. The molecular formula is C16H20N2O2S. The lowest BCUT2D eigenvalue weighted by Crippen LogP contribution is -2.20. The Bertz CT molecular complexity index is 722. The molecular weight excluding hydrogens is 284 g/mol. The van der Waals surface area contributed by atoms with Crippen LogP contribution in [-0.4, -0.2) is 14.5 Å². The summed E-state index contributed by atoms with van der Waals surface area (Å²) in [5.41, 5.74) is 8.36. The summed E-state index contributed by atoms with van der Waals surface area (Å²) in [6.07, 6.45) is 2.30. The summed E-state index contributed by atoms with van der Waals surface area (Å²) in [5, 5.41) is 0.